The summed E-state index contributed by atoms with van der Waals surface area (Å²) in [4.78, 5) is 14.5. The highest BCUT2D eigenvalue weighted by molar-refractivity contribution is 5.85. The molecule has 2 N–H and O–H groups in total. The molecule has 0 saturated heterocycles. The van der Waals surface area contributed by atoms with Crippen LogP contribution in [0.4, 0.5) is 0 Å². The Labute approximate surface area is 122 Å². The van der Waals surface area contributed by atoms with Crippen LogP contribution in [0.5, 0.6) is 0 Å². The van der Waals surface area contributed by atoms with Gasteiger partial charge in [-0.1, -0.05) is 0 Å². The van der Waals surface area contributed by atoms with Crippen LogP contribution in [0.3, 0.4) is 0 Å². The number of nitrogens with zero attached hydrogens (tertiary/aromatic N) is 1. The summed E-state index contributed by atoms with van der Waals surface area (Å²) < 4.78 is 5.34. The molecule has 5 heteroatoms. The average Bonchev–Trinajstić information content (AvgIpc) is 2.94. The summed E-state index contributed by atoms with van der Waals surface area (Å²) in [5.74, 6) is 1.47. The molecule has 19 heavy (non-hydrogen) atoms. The Morgan fingerprint density at radius 1 is 1.32 bits per heavy atom. The van der Waals surface area contributed by atoms with E-state index in [2.05, 4.69) is 0 Å². The molecule has 2 bridgehead atoms. The van der Waals surface area contributed by atoms with Gasteiger partial charge >= 0.3 is 0 Å². The van der Waals surface area contributed by atoms with Crippen LogP contribution in [0.15, 0.2) is 0 Å². The van der Waals surface area contributed by atoms with E-state index >= 15 is 0 Å². The highest BCUT2D eigenvalue weighted by Crippen LogP contribution is 2.48. The van der Waals surface area contributed by atoms with E-state index in [9.17, 15) is 4.79 Å². The summed E-state index contributed by atoms with van der Waals surface area (Å²) in [6, 6.07) is 0.0948. The molecular formula is C14H27ClN2O2. The molecule has 0 spiro atoms. The van der Waals surface area contributed by atoms with Gasteiger partial charge in [0.05, 0.1) is 12.5 Å². The number of halogens is 1. The second-order valence-corrected chi connectivity index (χ2v) is 5.55. The van der Waals surface area contributed by atoms with Gasteiger partial charge in [0.25, 0.3) is 0 Å². The predicted octanol–water partition coefficient (Wildman–Crippen LogP) is 1.67. The molecule has 0 aromatic heterocycles. The Hall–Kier alpha value is -0.320. The minimum absolute atomic E-state index is 0. The number of fused-ring (bicyclic) bond motifs is 2. The lowest BCUT2D eigenvalue weighted by Crippen LogP contribution is -2.47. The molecule has 1 amide bonds. The number of carbonyl (C=O) groups excluding carboxylic acids is 1. The molecule has 112 valence electrons. The molecule has 0 heterocycles. The normalized spacial score (nSPS) is 32.2. The van der Waals surface area contributed by atoms with E-state index in [-0.39, 0.29) is 30.3 Å². The van der Waals surface area contributed by atoms with Crippen molar-refractivity contribution >= 4 is 18.3 Å². The predicted molar refractivity (Wildman–Crippen MR) is 78.3 cm³/mol. The quantitative estimate of drug-likeness (QED) is 0.757. The number of hydrogen-bond donors (Lipinski definition) is 1. The zero-order chi connectivity index (χ0) is 13.1. The van der Waals surface area contributed by atoms with Crippen LogP contribution in [0.2, 0.25) is 0 Å². The number of nitrogens with two attached hydrogens (primary N) is 1. The first kappa shape index (κ1) is 16.7. The number of amides is 1. The fourth-order valence-electron chi connectivity index (χ4n) is 3.66. The smallest absolute Gasteiger partial charge is 0.227 e. The lowest BCUT2D eigenvalue weighted by Gasteiger charge is -2.32. The third kappa shape index (κ3) is 3.41. The van der Waals surface area contributed by atoms with Gasteiger partial charge in [-0.2, -0.15) is 0 Å². The maximum absolute atomic E-state index is 12.6. The summed E-state index contributed by atoms with van der Waals surface area (Å²) in [7, 11) is 0. The first-order chi connectivity index (χ1) is 8.69. The van der Waals surface area contributed by atoms with Gasteiger partial charge in [-0.05, 0) is 44.9 Å². The van der Waals surface area contributed by atoms with Gasteiger partial charge < -0.3 is 15.4 Å². The zero-order valence-electron chi connectivity index (χ0n) is 12.0. The van der Waals surface area contributed by atoms with E-state index in [1.54, 1.807) is 0 Å². The monoisotopic (exact) mass is 290 g/mol. The minimum Gasteiger partial charge on any atom is -0.380 e. The van der Waals surface area contributed by atoms with Crippen molar-refractivity contribution in [2.45, 2.75) is 39.2 Å². The Morgan fingerprint density at radius 3 is 2.53 bits per heavy atom. The molecule has 2 aliphatic carbocycles. The molecule has 2 aliphatic rings. The molecule has 4 nitrogen and oxygen atoms in total. The van der Waals surface area contributed by atoms with E-state index in [1.165, 1.54) is 19.3 Å². The molecular weight excluding hydrogens is 264 g/mol. The molecule has 0 radical (unpaired) electrons. The summed E-state index contributed by atoms with van der Waals surface area (Å²) in [6.07, 6.45) is 3.58. The Bertz CT molecular complexity index is 299. The second kappa shape index (κ2) is 7.46. The number of hydrogen-bond acceptors (Lipinski definition) is 3. The molecule has 2 fully saturated rings. The molecule has 0 aromatic carbocycles. The SMILES string of the molecule is CCOCCN(CC)C(=O)C1C2CCC(C2)C1N.Cl. The van der Waals surface area contributed by atoms with E-state index in [1.807, 2.05) is 18.7 Å². The van der Waals surface area contributed by atoms with Crippen molar-refractivity contribution in [3.05, 3.63) is 0 Å². The molecule has 4 atom stereocenters. The van der Waals surface area contributed by atoms with Crippen LogP contribution in [0.25, 0.3) is 0 Å². The fourth-order valence-corrected chi connectivity index (χ4v) is 3.66. The number of likely N-dealkylation sites (N-methyl/N-ethyl adjacent to an activating group) is 1. The largest absolute Gasteiger partial charge is 0.380 e. The van der Waals surface area contributed by atoms with Gasteiger partial charge in [0.1, 0.15) is 0 Å². The second-order valence-electron chi connectivity index (χ2n) is 5.55. The lowest BCUT2D eigenvalue weighted by atomic mass is 9.84. The van der Waals surface area contributed by atoms with Crippen molar-refractivity contribution in [2.75, 3.05) is 26.3 Å². The zero-order valence-corrected chi connectivity index (χ0v) is 12.8. The molecule has 0 aliphatic heterocycles. The van der Waals surface area contributed by atoms with Crippen molar-refractivity contribution in [3.8, 4) is 0 Å². The van der Waals surface area contributed by atoms with Gasteiger partial charge in [0.15, 0.2) is 0 Å². The van der Waals surface area contributed by atoms with Crippen LogP contribution in [0.1, 0.15) is 33.1 Å². The van der Waals surface area contributed by atoms with Crippen LogP contribution in [-0.2, 0) is 9.53 Å². The Morgan fingerprint density at radius 2 is 2.00 bits per heavy atom. The maximum Gasteiger partial charge on any atom is 0.227 e. The highest BCUT2D eigenvalue weighted by Gasteiger charge is 2.49. The van der Waals surface area contributed by atoms with Gasteiger partial charge in [-0.25, -0.2) is 0 Å². The molecule has 0 aromatic rings. The van der Waals surface area contributed by atoms with Crippen molar-refractivity contribution in [1.82, 2.24) is 4.90 Å². The molecule has 4 unspecified atom stereocenters. The standard InChI is InChI=1S/C14H26N2O2.ClH/c1-3-16(7-8-18-4-2)14(17)12-10-5-6-11(9-10)13(12)15;/h10-13H,3-9,15H2,1-2H3;1H. The molecule has 2 rings (SSSR count). The first-order valence-corrected chi connectivity index (χ1v) is 7.31. The minimum atomic E-state index is 0. The van der Waals surface area contributed by atoms with Crippen molar-refractivity contribution < 1.29 is 9.53 Å². The van der Waals surface area contributed by atoms with Gasteiger partial charge in [0.2, 0.25) is 5.91 Å². The Kier molecular flexibility index (Phi) is 6.57. The van der Waals surface area contributed by atoms with Gasteiger partial charge in [0, 0.05) is 25.7 Å². The van der Waals surface area contributed by atoms with E-state index in [0.29, 0.717) is 31.6 Å². The van der Waals surface area contributed by atoms with Crippen LogP contribution in [0, 0.1) is 17.8 Å². The molecule has 2 saturated carbocycles. The number of ether oxygens (including phenoxy) is 1. The van der Waals surface area contributed by atoms with E-state index in [4.69, 9.17) is 10.5 Å². The summed E-state index contributed by atoms with van der Waals surface area (Å²) in [5, 5.41) is 0. The Balaban J connectivity index is 0.00000180. The van der Waals surface area contributed by atoms with Crippen molar-refractivity contribution in [2.24, 2.45) is 23.5 Å². The van der Waals surface area contributed by atoms with Crippen LogP contribution in [-0.4, -0.2) is 43.2 Å². The number of carbonyl (C=O) groups is 1. The van der Waals surface area contributed by atoms with Crippen molar-refractivity contribution in [1.29, 1.82) is 0 Å². The summed E-state index contributed by atoms with van der Waals surface area (Å²) >= 11 is 0. The van der Waals surface area contributed by atoms with E-state index < -0.39 is 0 Å². The van der Waals surface area contributed by atoms with Crippen LogP contribution < -0.4 is 5.73 Å². The van der Waals surface area contributed by atoms with E-state index in [0.717, 1.165) is 6.54 Å². The average molecular weight is 291 g/mol. The van der Waals surface area contributed by atoms with Crippen molar-refractivity contribution in [3.63, 3.8) is 0 Å². The van der Waals surface area contributed by atoms with Gasteiger partial charge in [-0.3, -0.25) is 4.79 Å². The number of rotatable bonds is 6. The fraction of sp³-hybridized carbons (Fsp3) is 0.929. The first-order valence-electron chi connectivity index (χ1n) is 7.31. The lowest BCUT2D eigenvalue weighted by molar-refractivity contribution is -0.138. The summed E-state index contributed by atoms with van der Waals surface area (Å²) in [5.41, 5.74) is 6.23. The summed E-state index contributed by atoms with van der Waals surface area (Å²) in [6.45, 7) is 6.80. The topological polar surface area (TPSA) is 55.6 Å². The van der Waals surface area contributed by atoms with Gasteiger partial charge in [-0.15, -0.1) is 12.4 Å². The maximum atomic E-state index is 12.6. The van der Waals surface area contributed by atoms with Crippen LogP contribution >= 0.6 is 12.4 Å². The third-order valence-electron chi connectivity index (χ3n) is 4.67. The highest BCUT2D eigenvalue weighted by atomic mass is 35.5. The third-order valence-corrected chi connectivity index (χ3v) is 4.67.